The van der Waals surface area contributed by atoms with Gasteiger partial charge in [-0.3, -0.25) is 0 Å². The molecule has 1 atom stereocenters. The second-order valence-electron chi connectivity index (χ2n) is 6.73. The van der Waals surface area contributed by atoms with E-state index in [4.69, 9.17) is 40.2 Å². The molecule has 156 valence electrons. The van der Waals surface area contributed by atoms with Gasteiger partial charge in [-0.1, -0.05) is 41.4 Å². The highest BCUT2D eigenvalue weighted by Crippen LogP contribution is 2.36. The Morgan fingerprint density at radius 2 is 1.93 bits per heavy atom. The fourth-order valence-electron chi connectivity index (χ4n) is 3.11. The SMILES string of the molecule is FC(F)(F)c1cc(NC(=S)N(Cc2ccccc2Cl)C[C@H]2CCCO2)ccc1Cl. The Bertz CT molecular complexity index is 873. The molecule has 0 unspecified atom stereocenters. The van der Waals surface area contributed by atoms with E-state index in [1.54, 1.807) is 6.07 Å². The van der Waals surface area contributed by atoms with E-state index in [2.05, 4.69) is 5.32 Å². The average molecular weight is 463 g/mol. The van der Waals surface area contributed by atoms with Crippen molar-refractivity contribution >= 4 is 46.2 Å². The largest absolute Gasteiger partial charge is 0.417 e. The quantitative estimate of drug-likeness (QED) is 0.520. The first-order valence-electron chi connectivity index (χ1n) is 9.01. The molecule has 2 aromatic rings. The minimum Gasteiger partial charge on any atom is -0.376 e. The van der Waals surface area contributed by atoms with E-state index in [-0.39, 0.29) is 21.9 Å². The first-order valence-corrected chi connectivity index (χ1v) is 10.2. The fraction of sp³-hybridized carbons (Fsp3) is 0.350. The lowest BCUT2D eigenvalue weighted by Gasteiger charge is -2.29. The van der Waals surface area contributed by atoms with Crippen LogP contribution in [0.3, 0.4) is 0 Å². The number of hydrogen-bond acceptors (Lipinski definition) is 2. The molecule has 29 heavy (non-hydrogen) atoms. The zero-order valence-corrected chi connectivity index (χ0v) is 17.6. The van der Waals surface area contributed by atoms with Crippen molar-refractivity contribution in [2.24, 2.45) is 0 Å². The van der Waals surface area contributed by atoms with Gasteiger partial charge in [-0.15, -0.1) is 0 Å². The van der Waals surface area contributed by atoms with Gasteiger partial charge in [0, 0.05) is 30.4 Å². The summed E-state index contributed by atoms with van der Waals surface area (Å²) in [7, 11) is 0. The van der Waals surface area contributed by atoms with Crippen molar-refractivity contribution in [2.45, 2.75) is 31.7 Å². The molecular formula is C20H19Cl2F3N2OS. The first kappa shape index (κ1) is 22.2. The summed E-state index contributed by atoms with van der Waals surface area (Å²) in [5.41, 5.74) is 0.162. The summed E-state index contributed by atoms with van der Waals surface area (Å²) in [5.74, 6) is 0. The second-order valence-corrected chi connectivity index (χ2v) is 7.93. The summed E-state index contributed by atoms with van der Waals surface area (Å²) in [6, 6.07) is 11.0. The Balaban J connectivity index is 1.79. The number of alkyl halides is 3. The van der Waals surface area contributed by atoms with Crippen LogP contribution in [-0.2, 0) is 17.5 Å². The summed E-state index contributed by atoms with van der Waals surface area (Å²) < 4.78 is 45.1. The van der Waals surface area contributed by atoms with Gasteiger partial charge in [0.1, 0.15) is 0 Å². The molecule has 0 radical (unpaired) electrons. The lowest BCUT2D eigenvalue weighted by molar-refractivity contribution is -0.137. The smallest absolute Gasteiger partial charge is 0.376 e. The number of hydrogen-bond donors (Lipinski definition) is 1. The summed E-state index contributed by atoms with van der Waals surface area (Å²) in [5, 5.41) is 3.42. The maximum atomic E-state index is 13.1. The van der Waals surface area contributed by atoms with Crippen LogP contribution in [0.5, 0.6) is 0 Å². The molecule has 3 rings (SSSR count). The van der Waals surface area contributed by atoms with E-state index < -0.39 is 11.7 Å². The monoisotopic (exact) mass is 462 g/mol. The summed E-state index contributed by atoms with van der Waals surface area (Å²) in [4.78, 5) is 1.86. The Morgan fingerprint density at radius 3 is 2.59 bits per heavy atom. The summed E-state index contributed by atoms with van der Waals surface area (Å²) in [6.45, 7) is 1.61. The van der Waals surface area contributed by atoms with Crippen molar-refractivity contribution in [3.05, 3.63) is 63.6 Å². The molecular weight excluding hydrogens is 444 g/mol. The molecule has 2 aromatic carbocycles. The second kappa shape index (κ2) is 9.51. The molecule has 1 aliphatic heterocycles. The van der Waals surface area contributed by atoms with Crippen LogP contribution in [-0.4, -0.2) is 29.3 Å². The lowest BCUT2D eigenvalue weighted by Crippen LogP contribution is -2.39. The van der Waals surface area contributed by atoms with Crippen molar-refractivity contribution in [3.8, 4) is 0 Å². The van der Waals surface area contributed by atoms with Crippen molar-refractivity contribution in [1.82, 2.24) is 4.90 Å². The van der Waals surface area contributed by atoms with Crippen LogP contribution in [0.25, 0.3) is 0 Å². The molecule has 0 aliphatic carbocycles. The minimum atomic E-state index is -4.55. The molecule has 0 aromatic heterocycles. The Morgan fingerprint density at radius 1 is 1.17 bits per heavy atom. The van der Waals surface area contributed by atoms with Crippen molar-refractivity contribution < 1.29 is 17.9 Å². The van der Waals surface area contributed by atoms with Crippen LogP contribution in [0, 0.1) is 0 Å². The van der Waals surface area contributed by atoms with E-state index in [1.807, 2.05) is 23.1 Å². The van der Waals surface area contributed by atoms with Crippen LogP contribution < -0.4 is 5.32 Å². The van der Waals surface area contributed by atoms with E-state index in [0.717, 1.165) is 24.5 Å². The number of halogens is 5. The van der Waals surface area contributed by atoms with Gasteiger partial charge in [-0.2, -0.15) is 13.2 Å². The van der Waals surface area contributed by atoms with Gasteiger partial charge in [0.15, 0.2) is 5.11 Å². The van der Waals surface area contributed by atoms with Gasteiger partial charge in [0.2, 0.25) is 0 Å². The zero-order chi connectivity index (χ0) is 21.0. The molecule has 9 heteroatoms. The van der Waals surface area contributed by atoms with Crippen molar-refractivity contribution in [1.29, 1.82) is 0 Å². The van der Waals surface area contributed by atoms with E-state index in [0.29, 0.717) is 24.7 Å². The topological polar surface area (TPSA) is 24.5 Å². The normalized spacial score (nSPS) is 16.7. The summed E-state index contributed by atoms with van der Waals surface area (Å²) in [6.07, 6.45) is -2.67. The standard InChI is InChI=1S/C20H19Cl2F3N2OS/c21-17-6-2-1-4-13(17)11-27(12-15-5-3-9-28-15)19(29)26-14-7-8-18(22)16(10-14)20(23,24)25/h1-2,4,6-8,10,15H,3,5,9,11-12H2,(H,26,29)/t15-/m1/s1. The number of nitrogens with zero attached hydrogens (tertiary/aromatic N) is 1. The Kier molecular flexibility index (Phi) is 7.27. The van der Waals surface area contributed by atoms with Gasteiger partial charge >= 0.3 is 6.18 Å². The number of benzene rings is 2. The average Bonchev–Trinajstić information content (AvgIpc) is 3.16. The molecule has 1 aliphatic rings. The number of anilines is 1. The third-order valence-corrected chi connectivity index (χ3v) is 5.64. The van der Waals surface area contributed by atoms with Crippen molar-refractivity contribution in [2.75, 3.05) is 18.5 Å². The molecule has 0 spiro atoms. The van der Waals surface area contributed by atoms with E-state index >= 15 is 0 Å². The van der Waals surface area contributed by atoms with Gasteiger partial charge in [-0.25, -0.2) is 0 Å². The highest BCUT2D eigenvalue weighted by atomic mass is 35.5. The molecule has 0 saturated carbocycles. The molecule has 0 amide bonds. The van der Waals surface area contributed by atoms with Crippen molar-refractivity contribution in [3.63, 3.8) is 0 Å². The van der Waals surface area contributed by atoms with Crippen LogP contribution >= 0.6 is 35.4 Å². The van der Waals surface area contributed by atoms with Gasteiger partial charge in [-0.05, 0) is 54.9 Å². The molecule has 1 N–H and O–H groups in total. The maximum Gasteiger partial charge on any atom is 0.417 e. The molecule has 3 nitrogen and oxygen atoms in total. The number of nitrogens with one attached hydrogen (secondary N) is 1. The molecule has 1 heterocycles. The predicted molar refractivity (Wildman–Crippen MR) is 114 cm³/mol. The Hall–Kier alpha value is -1.54. The zero-order valence-electron chi connectivity index (χ0n) is 15.3. The van der Waals surface area contributed by atoms with E-state index in [1.165, 1.54) is 12.1 Å². The third kappa shape index (κ3) is 5.98. The number of rotatable bonds is 5. The molecule has 0 bridgehead atoms. The van der Waals surface area contributed by atoms with Crippen LogP contribution in [0.4, 0.5) is 18.9 Å². The minimum absolute atomic E-state index is 0.00758. The van der Waals surface area contributed by atoms with E-state index in [9.17, 15) is 13.2 Å². The molecule has 1 fully saturated rings. The third-order valence-electron chi connectivity index (χ3n) is 4.58. The van der Waals surface area contributed by atoms with Crippen LogP contribution in [0.2, 0.25) is 10.0 Å². The number of ether oxygens (including phenoxy) is 1. The summed E-state index contributed by atoms with van der Waals surface area (Å²) >= 11 is 17.5. The van der Waals surface area contributed by atoms with Gasteiger partial charge in [0.25, 0.3) is 0 Å². The highest BCUT2D eigenvalue weighted by Gasteiger charge is 2.33. The molecule has 1 saturated heterocycles. The van der Waals surface area contributed by atoms with Gasteiger partial charge < -0.3 is 15.0 Å². The first-order chi connectivity index (χ1) is 13.7. The Labute approximate surface area is 182 Å². The van der Waals surface area contributed by atoms with Gasteiger partial charge in [0.05, 0.1) is 16.7 Å². The highest BCUT2D eigenvalue weighted by molar-refractivity contribution is 7.80. The fourth-order valence-corrected chi connectivity index (χ4v) is 3.79. The van der Waals surface area contributed by atoms with Crippen LogP contribution in [0.15, 0.2) is 42.5 Å². The lowest BCUT2D eigenvalue weighted by atomic mass is 10.1. The maximum absolute atomic E-state index is 13.1. The van der Waals surface area contributed by atoms with Crippen LogP contribution in [0.1, 0.15) is 24.0 Å². The number of thiocarbonyl (C=S) groups is 1. The predicted octanol–water partition coefficient (Wildman–Crippen LogP) is 6.39.